The number of hydrogen-bond donors (Lipinski definition) is 0. The SMILES string of the molecule is CC(Cl)c1nc2cnccc2n1CC(C)N(C)C. The molecule has 0 aliphatic rings. The third kappa shape index (κ3) is 2.49. The van der Waals surface area contributed by atoms with Crippen molar-refractivity contribution >= 4 is 22.6 Å². The van der Waals surface area contributed by atoms with Crippen molar-refractivity contribution in [3.8, 4) is 0 Å². The molecule has 0 fully saturated rings. The Morgan fingerprint density at radius 1 is 1.39 bits per heavy atom. The lowest BCUT2D eigenvalue weighted by Crippen LogP contribution is -2.29. The fourth-order valence-corrected chi connectivity index (χ4v) is 2.09. The first-order chi connectivity index (χ1) is 8.50. The molecule has 0 radical (unpaired) electrons. The summed E-state index contributed by atoms with van der Waals surface area (Å²) in [4.78, 5) is 10.9. The summed E-state index contributed by atoms with van der Waals surface area (Å²) < 4.78 is 2.19. The van der Waals surface area contributed by atoms with Crippen LogP contribution in [0.1, 0.15) is 25.0 Å². The summed E-state index contributed by atoms with van der Waals surface area (Å²) in [6.07, 6.45) is 3.58. The van der Waals surface area contributed by atoms with Crippen LogP contribution >= 0.6 is 11.6 Å². The number of halogens is 1. The molecule has 2 heterocycles. The molecule has 0 saturated carbocycles. The first-order valence-corrected chi connectivity index (χ1v) is 6.55. The molecule has 18 heavy (non-hydrogen) atoms. The van der Waals surface area contributed by atoms with Gasteiger partial charge in [0.25, 0.3) is 0 Å². The maximum absolute atomic E-state index is 6.23. The molecule has 0 spiro atoms. The van der Waals surface area contributed by atoms with Crippen molar-refractivity contribution in [1.82, 2.24) is 19.4 Å². The third-order valence-corrected chi connectivity index (χ3v) is 3.46. The minimum absolute atomic E-state index is 0.105. The minimum Gasteiger partial charge on any atom is -0.325 e. The van der Waals surface area contributed by atoms with E-state index in [1.165, 1.54) is 0 Å². The smallest absolute Gasteiger partial charge is 0.127 e. The number of aromatic nitrogens is 3. The summed E-state index contributed by atoms with van der Waals surface area (Å²) in [5.41, 5.74) is 2.01. The number of rotatable bonds is 4. The largest absolute Gasteiger partial charge is 0.325 e. The van der Waals surface area contributed by atoms with Gasteiger partial charge >= 0.3 is 0 Å². The van der Waals surface area contributed by atoms with Crippen LogP contribution in [0.5, 0.6) is 0 Å². The first-order valence-electron chi connectivity index (χ1n) is 6.11. The summed E-state index contributed by atoms with van der Waals surface area (Å²) in [7, 11) is 4.16. The van der Waals surface area contributed by atoms with Gasteiger partial charge in [-0.3, -0.25) is 4.98 Å². The van der Waals surface area contributed by atoms with Crippen molar-refractivity contribution in [2.75, 3.05) is 14.1 Å². The van der Waals surface area contributed by atoms with Gasteiger partial charge in [-0.1, -0.05) is 0 Å². The van der Waals surface area contributed by atoms with Crippen LogP contribution in [0.15, 0.2) is 18.5 Å². The van der Waals surface area contributed by atoms with Crippen LogP contribution < -0.4 is 0 Å². The van der Waals surface area contributed by atoms with Gasteiger partial charge in [-0.15, -0.1) is 11.6 Å². The quantitative estimate of drug-likeness (QED) is 0.798. The highest BCUT2D eigenvalue weighted by molar-refractivity contribution is 6.20. The Kier molecular flexibility index (Phi) is 3.88. The Labute approximate surface area is 113 Å². The lowest BCUT2D eigenvalue weighted by atomic mass is 10.3. The molecule has 2 aromatic rings. The summed E-state index contributed by atoms with van der Waals surface area (Å²) in [5.74, 6) is 0.911. The highest BCUT2D eigenvalue weighted by Gasteiger charge is 2.17. The van der Waals surface area contributed by atoms with Gasteiger partial charge in [0.2, 0.25) is 0 Å². The van der Waals surface area contributed by atoms with Crippen LogP contribution in [-0.4, -0.2) is 39.6 Å². The van der Waals surface area contributed by atoms with Crippen LogP contribution in [0.3, 0.4) is 0 Å². The first kappa shape index (κ1) is 13.3. The molecular weight excluding hydrogens is 248 g/mol. The van der Waals surface area contributed by atoms with Crippen molar-refractivity contribution in [3.63, 3.8) is 0 Å². The van der Waals surface area contributed by atoms with Crippen molar-refractivity contribution in [2.45, 2.75) is 31.8 Å². The van der Waals surface area contributed by atoms with Crippen molar-refractivity contribution in [2.24, 2.45) is 0 Å². The summed E-state index contributed by atoms with van der Waals surface area (Å²) in [6.45, 7) is 5.02. The lowest BCUT2D eigenvalue weighted by molar-refractivity contribution is 0.284. The molecule has 0 aliphatic carbocycles. The maximum Gasteiger partial charge on any atom is 0.127 e. The molecule has 0 aromatic carbocycles. The summed E-state index contributed by atoms with van der Waals surface area (Å²) in [5, 5.41) is -0.105. The van der Waals surface area contributed by atoms with E-state index in [9.17, 15) is 0 Å². The van der Waals surface area contributed by atoms with Gasteiger partial charge in [0.05, 0.1) is 17.1 Å². The molecule has 2 rings (SSSR count). The van der Waals surface area contributed by atoms with Crippen LogP contribution in [-0.2, 0) is 6.54 Å². The zero-order chi connectivity index (χ0) is 13.3. The van der Waals surface area contributed by atoms with Crippen LogP contribution in [0.2, 0.25) is 0 Å². The van der Waals surface area contributed by atoms with Gasteiger partial charge in [0.15, 0.2) is 0 Å². The normalized spacial score (nSPS) is 15.2. The van der Waals surface area contributed by atoms with E-state index in [1.54, 1.807) is 12.4 Å². The van der Waals surface area contributed by atoms with E-state index in [0.717, 1.165) is 23.4 Å². The second kappa shape index (κ2) is 5.24. The van der Waals surface area contributed by atoms with E-state index in [1.807, 2.05) is 13.0 Å². The molecule has 0 N–H and O–H groups in total. The highest BCUT2D eigenvalue weighted by Crippen LogP contribution is 2.24. The molecule has 2 atom stereocenters. The summed E-state index contributed by atoms with van der Waals surface area (Å²) in [6, 6.07) is 2.41. The van der Waals surface area contributed by atoms with Crippen LogP contribution in [0.25, 0.3) is 11.0 Å². The van der Waals surface area contributed by atoms with Crippen LogP contribution in [0.4, 0.5) is 0 Å². The van der Waals surface area contributed by atoms with E-state index in [-0.39, 0.29) is 5.38 Å². The maximum atomic E-state index is 6.23. The van der Waals surface area contributed by atoms with Crippen molar-refractivity contribution < 1.29 is 0 Å². The number of nitrogens with zero attached hydrogens (tertiary/aromatic N) is 4. The number of pyridine rings is 1. The molecule has 5 heteroatoms. The Morgan fingerprint density at radius 3 is 2.72 bits per heavy atom. The Balaban J connectivity index is 2.48. The summed E-state index contributed by atoms with van der Waals surface area (Å²) >= 11 is 6.23. The Morgan fingerprint density at radius 2 is 2.11 bits per heavy atom. The van der Waals surface area contributed by atoms with Gasteiger partial charge in [0, 0.05) is 18.8 Å². The fraction of sp³-hybridized carbons (Fsp3) is 0.538. The molecule has 0 saturated heterocycles. The van der Waals surface area contributed by atoms with Gasteiger partial charge in [0.1, 0.15) is 11.3 Å². The topological polar surface area (TPSA) is 34.0 Å². The van der Waals surface area contributed by atoms with Gasteiger partial charge < -0.3 is 9.47 Å². The number of imidazole rings is 1. The standard InChI is InChI=1S/C13H19ClN4/c1-9(17(3)4)8-18-12-5-6-15-7-11(12)16-13(18)10(2)14/h5-7,9-10H,8H2,1-4H3. The predicted octanol–water partition coefficient (Wildman–Crippen LogP) is 2.68. The van der Waals surface area contributed by atoms with E-state index in [0.29, 0.717) is 6.04 Å². The monoisotopic (exact) mass is 266 g/mol. The zero-order valence-corrected chi connectivity index (χ0v) is 12.0. The molecule has 98 valence electrons. The second-order valence-electron chi connectivity index (χ2n) is 4.87. The predicted molar refractivity (Wildman–Crippen MR) is 74.9 cm³/mol. The number of likely N-dealkylation sites (N-methyl/N-ethyl adjacent to an activating group) is 1. The third-order valence-electron chi connectivity index (χ3n) is 3.26. The van der Waals surface area contributed by atoms with E-state index < -0.39 is 0 Å². The second-order valence-corrected chi connectivity index (χ2v) is 5.53. The van der Waals surface area contributed by atoms with Gasteiger partial charge in [-0.05, 0) is 34.0 Å². The molecule has 4 nitrogen and oxygen atoms in total. The number of fused-ring (bicyclic) bond motifs is 1. The van der Waals surface area contributed by atoms with Crippen LogP contribution in [0, 0.1) is 0 Å². The molecule has 0 amide bonds. The Bertz CT molecular complexity index is 533. The Hall–Kier alpha value is -1.13. The number of alkyl halides is 1. The molecular formula is C13H19ClN4. The van der Waals surface area contributed by atoms with Crippen molar-refractivity contribution in [3.05, 3.63) is 24.3 Å². The van der Waals surface area contributed by atoms with Crippen molar-refractivity contribution in [1.29, 1.82) is 0 Å². The fourth-order valence-electron chi connectivity index (χ4n) is 1.92. The van der Waals surface area contributed by atoms with E-state index >= 15 is 0 Å². The molecule has 0 bridgehead atoms. The van der Waals surface area contributed by atoms with E-state index in [4.69, 9.17) is 11.6 Å². The highest BCUT2D eigenvalue weighted by atomic mass is 35.5. The van der Waals surface area contributed by atoms with Gasteiger partial charge in [-0.2, -0.15) is 0 Å². The zero-order valence-electron chi connectivity index (χ0n) is 11.3. The number of hydrogen-bond acceptors (Lipinski definition) is 3. The molecule has 2 unspecified atom stereocenters. The molecule has 2 aromatic heterocycles. The average molecular weight is 267 g/mol. The molecule has 0 aliphatic heterocycles. The lowest BCUT2D eigenvalue weighted by Gasteiger charge is -2.22. The van der Waals surface area contributed by atoms with E-state index in [2.05, 4.69) is 40.5 Å². The minimum atomic E-state index is -0.105. The average Bonchev–Trinajstić information content (AvgIpc) is 2.68. The van der Waals surface area contributed by atoms with Gasteiger partial charge in [-0.25, -0.2) is 4.98 Å².